The van der Waals surface area contributed by atoms with Crippen LogP contribution in [-0.4, -0.2) is 23.5 Å². The van der Waals surface area contributed by atoms with Crippen LogP contribution in [0.2, 0.25) is 0 Å². The maximum absolute atomic E-state index is 11.8. The molecule has 1 fully saturated rings. The van der Waals surface area contributed by atoms with Gasteiger partial charge in [0.25, 0.3) is 0 Å². The molecule has 0 radical (unpaired) electrons. The molecule has 4 heteroatoms. The molecule has 1 amide bonds. The maximum atomic E-state index is 11.8. The molecule has 2 aliphatic carbocycles. The zero-order valence-corrected chi connectivity index (χ0v) is 15.0. The van der Waals surface area contributed by atoms with Gasteiger partial charge < -0.3 is 10.4 Å². The van der Waals surface area contributed by atoms with Crippen molar-refractivity contribution in [3.05, 3.63) is 23.3 Å². The Labute approximate surface area is 144 Å². The predicted octanol–water partition coefficient (Wildman–Crippen LogP) is 3.69. The molecule has 1 saturated carbocycles. The van der Waals surface area contributed by atoms with Crippen molar-refractivity contribution in [2.75, 3.05) is 6.54 Å². The summed E-state index contributed by atoms with van der Waals surface area (Å²) in [5.41, 5.74) is 1.72. The van der Waals surface area contributed by atoms with Crippen LogP contribution >= 0.6 is 0 Å². The number of hydrogen-bond donors (Lipinski definition) is 2. The molecule has 132 valence electrons. The van der Waals surface area contributed by atoms with Crippen molar-refractivity contribution >= 4 is 11.9 Å². The molecule has 4 unspecified atom stereocenters. The van der Waals surface area contributed by atoms with Crippen LogP contribution < -0.4 is 5.32 Å². The van der Waals surface area contributed by atoms with Crippen molar-refractivity contribution in [1.82, 2.24) is 5.32 Å². The zero-order chi connectivity index (χ0) is 17.5. The van der Waals surface area contributed by atoms with Gasteiger partial charge in [-0.05, 0) is 61.3 Å². The van der Waals surface area contributed by atoms with Crippen LogP contribution in [-0.2, 0) is 9.59 Å². The minimum atomic E-state index is -0.743. The highest BCUT2D eigenvalue weighted by Crippen LogP contribution is 2.62. The minimum absolute atomic E-state index is 0.0189. The fourth-order valence-electron chi connectivity index (χ4n) is 5.52. The second kappa shape index (κ2) is 6.05. The van der Waals surface area contributed by atoms with Crippen LogP contribution in [0.4, 0.5) is 0 Å². The number of carboxylic acid groups (broad SMARTS) is 1. The Kier molecular flexibility index (Phi) is 4.35. The van der Waals surface area contributed by atoms with E-state index in [2.05, 4.69) is 26.1 Å². The molecule has 3 rings (SSSR count). The standard InChI is InChI=1S/C20H29NO3/c1-13-7-9-20(3)15(18(23)24)5-4-6-16(20)19(13,2)10-8-14-11-17(22)21-12-14/h5,11,13,16H,4,6-10,12H2,1-3H3,(H,21,22)(H,23,24). The molecule has 0 aromatic rings. The first-order chi connectivity index (χ1) is 11.3. The smallest absolute Gasteiger partial charge is 0.331 e. The van der Waals surface area contributed by atoms with E-state index in [1.54, 1.807) is 6.08 Å². The minimum Gasteiger partial charge on any atom is -0.478 e. The van der Waals surface area contributed by atoms with Crippen LogP contribution in [0.25, 0.3) is 0 Å². The van der Waals surface area contributed by atoms with Gasteiger partial charge in [-0.1, -0.05) is 26.8 Å². The van der Waals surface area contributed by atoms with Gasteiger partial charge in [0.2, 0.25) is 5.91 Å². The normalized spacial score (nSPS) is 38.9. The number of allylic oxidation sites excluding steroid dienone is 1. The summed E-state index contributed by atoms with van der Waals surface area (Å²) in [5, 5.41) is 12.5. The lowest BCUT2D eigenvalue weighted by molar-refractivity contribution is -0.137. The van der Waals surface area contributed by atoms with E-state index in [0.29, 0.717) is 24.0 Å². The van der Waals surface area contributed by atoms with Crippen molar-refractivity contribution in [3.8, 4) is 0 Å². The zero-order valence-electron chi connectivity index (χ0n) is 15.0. The predicted molar refractivity (Wildman–Crippen MR) is 93.4 cm³/mol. The largest absolute Gasteiger partial charge is 0.478 e. The Hall–Kier alpha value is -1.58. The van der Waals surface area contributed by atoms with Crippen LogP contribution in [0.5, 0.6) is 0 Å². The van der Waals surface area contributed by atoms with Gasteiger partial charge in [-0.25, -0.2) is 4.79 Å². The molecule has 0 bridgehead atoms. The SMILES string of the molecule is CC1CCC2(C)C(C(=O)O)=CCCC2C1(C)CCC1=CC(=O)NC1. The Morgan fingerprint density at radius 3 is 2.75 bits per heavy atom. The second-order valence-electron chi connectivity index (χ2n) is 8.44. The van der Waals surface area contributed by atoms with Gasteiger partial charge in [-0.15, -0.1) is 0 Å². The van der Waals surface area contributed by atoms with Crippen molar-refractivity contribution < 1.29 is 14.7 Å². The Bertz CT molecular complexity index is 620. The summed E-state index contributed by atoms with van der Waals surface area (Å²) in [4.78, 5) is 23.2. The van der Waals surface area contributed by atoms with Gasteiger partial charge in [-0.3, -0.25) is 4.79 Å². The van der Waals surface area contributed by atoms with Gasteiger partial charge in [0, 0.05) is 23.6 Å². The summed E-state index contributed by atoms with van der Waals surface area (Å²) < 4.78 is 0. The third kappa shape index (κ3) is 2.70. The van der Waals surface area contributed by atoms with Crippen molar-refractivity contribution in [2.45, 2.75) is 59.3 Å². The summed E-state index contributed by atoms with van der Waals surface area (Å²) in [6.45, 7) is 7.52. The number of carbonyl (C=O) groups excluding carboxylic acids is 1. The molecule has 24 heavy (non-hydrogen) atoms. The fraction of sp³-hybridized carbons (Fsp3) is 0.700. The number of amides is 1. The number of carbonyl (C=O) groups is 2. The van der Waals surface area contributed by atoms with E-state index in [4.69, 9.17) is 0 Å². The Balaban J connectivity index is 1.85. The molecule has 3 aliphatic rings. The first-order valence-corrected chi connectivity index (χ1v) is 9.18. The van der Waals surface area contributed by atoms with Crippen molar-refractivity contribution in [2.24, 2.45) is 22.7 Å². The number of hydrogen-bond acceptors (Lipinski definition) is 2. The number of rotatable bonds is 4. The van der Waals surface area contributed by atoms with Gasteiger partial charge in [-0.2, -0.15) is 0 Å². The van der Waals surface area contributed by atoms with Crippen LogP contribution in [0, 0.1) is 22.7 Å². The molecule has 0 spiro atoms. The van der Waals surface area contributed by atoms with E-state index in [1.807, 2.05) is 6.08 Å². The number of carboxylic acids is 1. The van der Waals surface area contributed by atoms with E-state index < -0.39 is 5.97 Å². The highest BCUT2D eigenvalue weighted by atomic mass is 16.4. The Morgan fingerprint density at radius 2 is 2.12 bits per heavy atom. The third-order valence-corrected chi connectivity index (χ3v) is 7.25. The fourth-order valence-corrected chi connectivity index (χ4v) is 5.52. The average Bonchev–Trinajstić information content (AvgIpc) is 2.94. The number of nitrogens with one attached hydrogen (secondary N) is 1. The molecule has 1 heterocycles. The van der Waals surface area contributed by atoms with Crippen LogP contribution in [0.3, 0.4) is 0 Å². The summed E-state index contributed by atoms with van der Waals surface area (Å²) >= 11 is 0. The molecule has 2 N–H and O–H groups in total. The number of aliphatic carboxylic acids is 1. The van der Waals surface area contributed by atoms with Crippen LogP contribution in [0.1, 0.15) is 59.3 Å². The molecular formula is C20H29NO3. The lowest BCUT2D eigenvalue weighted by Crippen LogP contribution is -2.51. The van der Waals surface area contributed by atoms with E-state index in [9.17, 15) is 14.7 Å². The number of fused-ring (bicyclic) bond motifs is 1. The first kappa shape index (κ1) is 17.2. The molecule has 0 saturated heterocycles. The quantitative estimate of drug-likeness (QED) is 0.825. The average molecular weight is 331 g/mol. The summed E-state index contributed by atoms with van der Waals surface area (Å²) in [5.74, 6) is 0.253. The topological polar surface area (TPSA) is 66.4 Å². The van der Waals surface area contributed by atoms with Crippen LogP contribution in [0.15, 0.2) is 23.3 Å². The molecule has 1 aliphatic heterocycles. The highest BCUT2D eigenvalue weighted by Gasteiger charge is 2.55. The van der Waals surface area contributed by atoms with Crippen molar-refractivity contribution in [3.63, 3.8) is 0 Å². The van der Waals surface area contributed by atoms with E-state index in [1.165, 1.54) is 5.57 Å². The summed E-state index contributed by atoms with van der Waals surface area (Å²) in [7, 11) is 0. The highest BCUT2D eigenvalue weighted by molar-refractivity contribution is 5.91. The van der Waals surface area contributed by atoms with Crippen molar-refractivity contribution in [1.29, 1.82) is 0 Å². The monoisotopic (exact) mass is 331 g/mol. The molecule has 4 atom stereocenters. The Morgan fingerprint density at radius 1 is 1.38 bits per heavy atom. The molecular weight excluding hydrogens is 302 g/mol. The first-order valence-electron chi connectivity index (χ1n) is 9.18. The lowest BCUT2D eigenvalue weighted by Gasteiger charge is -2.57. The van der Waals surface area contributed by atoms with Gasteiger partial charge >= 0.3 is 5.97 Å². The lowest BCUT2D eigenvalue weighted by atomic mass is 9.46. The van der Waals surface area contributed by atoms with Gasteiger partial charge in [0.1, 0.15) is 0 Å². The van der Waals surface area contributed by atoms with E-state index in [0.717, 1.165) is 38.5 Å². The summed E-state index contributed by atoms with van der Waals surface area (Å²) in [6, 6.07) is 0. The maximum Gasteiger partial charge on any atom is 0.331 e. The second-order valence-corrected chi connectivity index (χ2v) is 8.44. The third-order valence-electron chi connectivity index (χ3n) is 7.25. The molecule has 0 aromatic carbocycles. The molecule has 4 nitrogen and oxygen atoms in total. The van der Waals surface area contributed by atoms with E-state index in [-0.39, 0.29) is 16.7 Å². The summed E-state index contributed by atoms with van der Waals surface area (Å²) in [6.07, 6.45) is 9.63. The molecule has 0 aromatic heterocycles. The van der Waals surface area contributed by atoms with Gasteiger partial charge in [0.15, 0.2) is 0 Å². The van der Waals surface area contributed by atoms with E-state index >= 15 is 0 Å². The van der Waals surface area contributed by atoms with Gasteiger partial charge in [0.05, 0.1) is 0 Å².